The van der Waals surface area contributed by atoms with E-state index in [0.29, 0.717) is 19.6 Å². The van der Waals surface area contributed by atoms with E-state index in [4.69, 9.17) is 9.47 Å². The second-order valence-electron chi connectivity index (χ2n) is 4.98. The topological polar surface area (TPSA) is 59.6 Å². The Labute approximate surface area is 133 Å². The van der Waals surface area contributed by atoms with Gasteiger partial charge in [0.25, 0.3) is 0 Å². The van der Waals surface area contributed by atoms with Gasteiger partial charge < -0.3 is 20.1 Å². The minimum atomic E-state index is 0.146. The van der Waals surface area contributed by atoms with Gasteiger partial charge in [-0.1, -0.05) is 0 Å². The maximum absolute atomic E-state index is 11.1. The lowest BCUT2D eigenvalue weighted by Gasteiger charge is -2.15. The molecule has 1 atom stereocenters. The highest BCUT2D eigenvalue weighted by molar-refractivity contribution is 9.10. The molecule has 0 aromatic heterocycles. The van der Waals surface area contributed by atoms with E-state index in [1.54, 1.807) is 7.11 Å². The van der Waals surface area contributed by atoms with Gasteiger partial charge in [0, 0.05) is 25.6 Å². The normalized spacial score (nSPS) is 17.7. The molecule has 21 heavy (non-hydrogen) atoms. The highest BCUT2D eigenvalue weighted by atomic mass is 79.9. The Hall–Kier alpha value is -1.27. The molecular weight excluding hydrogens is 336 g/mol. The maximum Gasteiger partial charge on any atom is 0.220 e. The van der Waals surface area contributed by atoms with Gasteiger partial charge in [0.15, 0.2) is 11.5 Å². The van der Waals surface area contributed by atoms with Crippen molar-refractivity contribution in [1.29, 1.82) is 0 Å². The lowest BCUT2D eigenvalue weighted by atomic mass is 10.2. The van der Waals surface area contributed by atoms with Crippen LogP contribution in [0.2, 0.25) is 0 Å². The van der Waals surface area contributed by atoms with Crippen molar-refractivity contribution < 1.29 is 14.3 Å². The summed E-state index contributed by atoms with van der Waals surface area (Å²) in [6.45, 7) is 4.03. The Balaban J connectivity index is 1.94. The van der Waals surface area contributed by atoms with Crippen molar-refractivity contribution in [2.24, 2.45) is 0 Å². The van der Waals surface area contributed by atoms with Crippen LogP contribution < -0.4 is 20.1 Å². The van der Waals surface area contributed by atoms with Gasteiger partial charge in [-0.15, -0.1) is 0 Å². The maximum atomic E-state index is 11.1. The quantitative estimate of drug-likeness (QED) is 0.786. The summed E-state index contributed by atoms with van der Waals surface area (Å²) in [7, 11) is 1.63. The summed E-state index contributed by atoms with van der Waals surface area (Å²) in [6.07, 6.45) is 1.54. The number of halogens is 1. The van der Waals surface area contributed by atoms with Crippen LogP contribution in [0.3, 0.4) is 0 Å². The van der Waals surface area contributed by atoms with E-state index in [1.165, 1.54) is 0 Å². The van der Waals surface area contributed by atoms with E-state index in [9.17, 15) is 4.79 Å². The molecule has 1 fully saturated rings. The zero-order valence-corrected chi connectivity index (χ0v) is 14.0. The van der Waals surface area contributed by atoms with Crippen LogP contribution in [0.15, 0.2) is 16.6 Å². The third-order valence-electron chi connectivity index (χ3n) is 3.38. The Morgan fingerprint density at radius 3 is 2.90 bits per heavy atom. The summed E-state index contributed by atoms with van der Waals surface area (Å²) in [5, 5.41) is 6.31. The summed E-state index contributed by atoms with van der Waals surface area (Å²) in [4.78, 5) is 11.1. The Kier molecular flexibility index (Phi) is 5.87. The summed E-state index contributed by atoms with van der Waals surface area (Å²) < 4.78 is 11.8. The number of amides is 1. The highest BCUT2D eigenvalue weighted by Gasteiger charge is 2.20. The Morgan fingerprint density at radius 2 is 2.29 bits per heavy atom. The van der Waals surface area contributed by atoms with Crippen LogP contribution in [-0.2, 0) is 11.3 Å². The lowest BCUT2D eigenvalue weighted by Crippen LogP contribution is -2.35. The van der Waals surface area contributed by atoms with Crippen LogP contribution in [0, 0.1) is 0 Å². The van der Waals surface area contributed by atoms with Gasteiger partial charge in [-0.2, -0.15) is 0 Å². The number of hydrogen-bond acceptors (Lipinski definition) is 4. The number of carbonyl (C=O) groups is 1. The van der Waals surface area contributed by atoms with Gasteiger partial charge >= 0.3 is 0 Å². The van der Waals surface area contributed by atoms with Gasteiger partial charge in [-0.3, -0.25) is 4.79 Å². The van der Waals surface area contributed by atoms with E-state index >= 15 is 0 Å². The molecule has 1 aromatic rings. The molecule has 6 heteroatoms. The number of methoxy groups -OCH3 is 1. The standard InChI is InChI=1S/C15H21BrN2O3/c1-3-21-15-12(16)6-10(7-13(15)20-2)8-17-9-11-4-5-14(19)18-11/h6-7,11,17H,3-5,8-9H2,1-2H3,(H,18,19). The largest absolute Gasteiger partial charge is 0.493 e. The molecular formula is C15H21BrN2O3. The van der Waals surface area contributed by atoms with Crippen LogP contribution >= 0.6 is 15.9 Å². The molecule has 1 aliphatic heterocycles. The van der Waals surface area contributed by atoms with Crippen LogP contribution in [0.25, 0.3) is 0 Å². The van der Waals surface area contributed by atoms with Crippen molar-refractivity contribution in [1.82, 2.24) is 10.6 Å². The van der Waals surface area contributed by atoms with Crippen LogP contribution in [-0.4, -0.2) is 32.2 Å². The average Bonchev–Trinajstić information content (AvgIpc) is 2.87. The molecule has 1 amide bonds. The fourth-order valence-corrected chi connectivity index (χ4v) is 2.98. The molecule has 1 unspecified atom stereocenters. The number of hydrogen-bond donors (Lipinski definition) is 2. The molecule has 0 spiro atoms. The molecule has 1 saturated heterocycles. The third kappa shape index (κ3) is 4.35. The molecule has 0 aliphatic carbocycles. The number of ether oxygens (including phenoxy) is 2. The van der Waals surface area contributed by atoms with Crippen LogP contribution in [0.5, 0.6) is 11.5 Å². The van der Waals surface area contributed by atoms with E-state index in [2.05, 4.69) is 26.6 Å². The van der Waals surface area contributed by atoms with Crippen molar-refractivity contribution in [3.63, 3.8) is 0 Å². The first-order chi connectivity index (χ1) is 10.1. The number of benzene rings is 1. The first-order valence-corrected chi connectivity index (χ1v) is 7.92. The highest BCUT2D eigenvalue weighted by Crippen LogP contribution is 2.36. The SMILES string of the molecule is CCOc1c(Br)cc(CNCC2CCC(=O)N2)cc1OC. The summed E-state index contributed by atoms with van der Waals surface area (Å²) >= 11 is 3.52. The predicted octanol–water partition coefficient (Wildman–Crippen LogP) is 2.22. The van der Waals surface area contributed by atoms with Crippen LogP contribution in [0.4, 0.5) is 0 Å². The summed E-state index contributed by atoms with van der Waals surface area (Å²) in [5.41, 5.74) is 1.10. The van der Waals surface area contributed by atoms with Crippen LogP contribution in [0.1, 0.15) is 25.3 Å². The minimum absolute atomic E-state index is 0.146. The van der Waals surface area contributed by atoms with E-state index in [-0.39, 0.29) is 11.9 Å². The van der Waals surface area contributed by atoms with E-state index in [0.717, 1.165) is 34.5 Å². The zero-order chi connectivity index (χ0) is 15.2. The molecule has 1 aromatic carbocycles. The second-order valence-corrected chi connectivity index (χ2v) is 5.83. The van der Waals surface area contributed by atoms with Gasteiger partial charge in [0.2, 0.25) is 5.91 Å². The molecule has 5 nitrogen and oxygen atoms in total. The predicted molar refractivity (Wildman–Crippen MR) is 84.7 cm³/mol. The average molecular weight is 357 g/mol. The first-order valence-electron chi connectivity index (χ1n) is 7.13. The second kappa shape index (κ2) is 7.66. The third-order valence-corrected chi connectivity index (χ3v) is 3.97. The molecule has 2 rings (SSSR count). The molecule has 0 radical (unpaired) electrons. The molecule has 2 N–H and O–H groups in total. The summed E-state index contributed by atoms with van der Waals surface area (Å²) in [6, 6.07) is 4.23. The number of rotatable bonds is 7. The van der Waals surface area contributed by atoms with Crippen molar-refractivity contribution in [2.45, 2.75) is 32.4 Å². The molecule has 116 valence electrons. The summed E-state index contributed by atoms with van der Waals surface area (Å²) in [5.74, 6) is 1.59. The number of carbonyl (C=O) groups excluding carboxylic acids is 1. The van der Waals surface area contributed by atoms with Crippen molar-refractivity contribution in [3.8, 4) is 11.5 Å². The van der Waals surface area contributed by atoms with Gasteiger partial charge in [0.1, 0.15) is 0 Å². The molecule has 1 heterocycles. The number of nitrogens with one attached hydrogen (secondary N) is 2. The van der Waals surface area contributed by atoms with E-state index < -0.39 is 0 Å². The zero-order valence-electron chi connectivity index (χ0n) is 12.4. The fourth-order valence-electron chi connectivity index (χ4n) is 2.38. The first kappa shape index (κ1) is 16.1. The van der Waals surface area contributed by atoms with E-state index in [1.807, 2.05) is 19.1 Å². The Morgan fingerprint density at radius 1 is 1.48 bits per heavy atom. The van der Waals surface area contributed by atoms with Crippen molar-refractivity contribution in [2.75, 3.05) is 20.3 Å². The molecule has 1 aliphatic rings. The molecule has 0 saturated carbocycles. The van der Waals surface area contributed by atoms with Gasteiger partial charge in [-0.25, -0.2) is 0 Å². The minimum Gasteiger partial charge on any atom is -0.493 e. The van der Waals surface area contributed by atoms with Crippen molar-refractivity contribution >= 4 is 21.8 Å². The monoisotopic (exact) mass is 356 g/mol. The molecule has 0 bridgehead atoms. The Bertz CT molecular complexity index is 508. The van der Waals surface area contributed by atoms with Crippen molar-refractivity contribution in [3.05, 3.63) is 22.2 Å². The fraction of sp³-hybridized carbons (Fsp3) is 0.533. The lowest BCUT2D eigenvalue weighted by molar-refractivity contribution is -0.119. The van der Waals surface area contributed by atoms with Gasteiger partial charge in [-0.05, 0) is 47.0 Å². The smallest absolute Gasteiger partial charge is 0.220 e. The van der Waals surface area contributed by atoms with Gasteiger partial charge in [0.05, 0.1) is 18.2 Å².